The molecule has 5 nitrogen and oxygen atoms in total. The number of hydrogen-bond donors (Lipinski definition) is 1. The molecule has 0 saturated carbocycles. The number of rotatable bonds is 4. The first-order valence-electron chi connectivity index (χ1n) is 10.3. The lowest BCUT2D eigenvalue weighted by Crippen LogP contribution is -2.48. The Bertz CT molecular complexity index is 1140. The van der Waals surface area contributed by atoms with Gasteiger partial charge in [-0.3, -0.25) is 9.59 Å². The van der Waals surface area contributed by atoms with Crippen LogP contribution in [0.1, 0.15) is 23.7 Å². The van der Waals surface area contributed by atoms with Gasteiger partial charge >= 0.3 is 0 Å². The zero-order valence-electron chi connectivity index (χ0n) is 17.2. The van der Waals surface area contributed by atoms with Gasteiger partial charge in [-0.2, -0.15) is 0 Å². The standard InChI is InChI=1S/C24H23Cl2N3O2/c1-2-23(30)29-13-11-28(12-14-29)22-10-9-16(15-21(22)26)27-24(31)19-7-3-6-18-17(19)5-4-8-20(18)25/h3-10,15H,2,11-14H2,1H3,(H,27,31). The number of nitrogens with zero attached hydrogens (tertiary/aromatic N) is 2. The second kappa shape index (κ2) is 9.16. The minimum absolute atomic E-state index is 0.179. The molecule has 0 atom stereocenters. The van der Waals surface area contributed by atoms with E-state index in [2.05, 4.69) is 10.2 Å². The third-order valence-corrected chi connectivity index (χ3v) is 6.23. The lowest BCUT2D eigenvalue weighted by atomic mass is 10.0. The van der Waals surface area contributed by atoms with E-state index in [1.807, 2.05) is 54.3 Å². The SMILES string of the molecule is CCC(=O)N1CCN(c2ccc(NC(=O)c3cccc4c(Cl)cccc34)cc2Cl)CC1. The molecular weight excluding hydrogens is 433 g/mol. The summed E-state index contributed by atoms with van der Waals surface area (Å²) in [5, 5.41) is 5.75. The van der Waals surface area contributed by atoms with E-state index in [1.54, 1.807) is 12.1 Å². The predicted octanol–water partition coefficient (Wildman–Crippen LogP) is 5.46. The Kier molecular flexibility index (Phi) is 6.35. The second-order valence-corrected chi connectivity index (χ2v) is 8.30. The predicted molar refractivity (Wildman–Crippen MR) is 127 cm³/mol. The monoisotopic (exact) mass is 455 g/mol. The Hall–Kier alpha value is -2.76. The Morgan fingerprint density at radius 1 is 0.903 bits per heavy atom. The number of anilines is 2. The highest BCUT2D eigenvalue weighted by Gasteiger charge is 2.21. The molecule has 0 bridgehead atoms. The van der Waals surface area contributed by atoms with Crippen LogP contribution in [0.4, 0.5) is 11.4 Å². The van der Waals surface area contributed by atoms with Gasteiger partial charge in [0.1, 0.15) is 0 Å². The molecule has 1 N–H and O–H groups in total. The van der Waals surface area contributed by atoms with Gasteiger partial charge < -0.3 is 15.1 Å². The summed E-state index contributed by atoms with van der Waals surface area (Å²) < 4.78 is 0. The van der Waals surface area contributed by atoms with Crippen LogP contribution in [0.15, 0.2) is 54.6 Å². The number of benzene rings is 3. The molecule has 160 valence electrons. The van der Waals surface area contributed by atoms with Gasteiger partial charge in [0.2, 0.25) is 5.91 Å². The van der Waals surface area contributed by atoms with Crippen molar-refractivity contribution in [3.8, 4) is 0 Å². The molecule has 3 aromatic rings. The smallest absolute Gasteiger partial charge is 0.256 e. The quantitative estimate of drug-likeness (QED) is 0.568. The maximum Gasteiger partial charge on any atom is 0.256 e. The zero-order valence-corrected chi connectivity index (χ0v) is 18.7. The molecular formula is C24H23Cl2N3O2. The van der Waals surface area contributed by atoms with Crippen LogP contribution in [0.25, 0.3) is 10.8 Å². The highest BCUT2D eigenvalue weighted by Crippen LogP contribution is 2.31. The molecule has 3 aromatic carbocycles. The van der Waals surface area contributed by atoms with Gasteiger partial charge in [-0.25, -0.2) is 0 Å². The Morgan fingerprint density at radius 3 is 2.32 bits per heavy atom. The van der Waals surface area contributed by atoms with E-state index < -0.39 is 0 Å². The van der Waals surface area contributed by atoms with Gasteiger partial charge in [-0.1, -0.05) is 54.4 Å². The Morgan fingerprint density at radius 2 is 1.61 bits per heavy atom. The molecule has 0 aliphatic carbocycles. The molecule has 1 fully saturated rings. The van der Waals surface area contributed by atoms with Crippen LogP contribution in [0.5, 0.6) is 0 Å². The normalized spacial score (nSPS) is 14.0. The van der Waals surface area contributed by atoms with E-state index in [-0.39, 0.29) is 11.8 Å². The fourth-order valence-corrected chi connectivity index (χ4v) is 4.47. The maximum absolute atomic E-state index is 12.9. The molecule has 1 saturated heterocycles. The average Bonchev–Trinajstić information content (AvgIpc) is 2.79. The fraction of sp³-hybridized carbons (Fsp3) is 0.250. The highest BCUT2D eigenvalue weighted by molar-refractivity contribution is 6.36. The van der Waals surface area contributed by atoms with Gasteiger partial charge in [-0.05, 0) is 35.7 Å². The summed E-state index contributed by atoms with van der Waals surface area (Å²) in [6.45, 7) is 4.71. The molecule has 1 heterocycles. The van der Waals surface area contributed by atoms with E-state index in [0.29, 0.717) is 40.8 Å². The van der Waals surface area contributed by atoms with Gasteiger partial charge in [0.15, 0.2) is 0 Å². The van der Waals surface area contributed by atoms with Crippen LogP contribution in [-0.4, -0.2) is 42.9 Å². The van der Waals surface area contributed by atoms with E-state index in [9.17, 15) is 9.59 Å². The van der Waals surface area contributed by atoms with Crippen molar-refractivity contribution in [3.63, 3.8) is 0 Å². The molecule has 1 aliphatic rings. The summed E-state index contributed by atoms with van der Waals surface area (Å²) in [5.41, 5.74) is 2.08. The molecule has 2 amide bonds. The number of amides is 2. The average molecular weight is 456 g/mol. The van der Waals surface area contributed by atoms with E-state index in [4.69, 9.17) is 23.2 Å². The summed E-state index contributed by atoms with van der Waals surface area (Å²) in [4.78, 5) is 28.8. The van der Waals surface area contributed by atoms with Crippen LogP contribution < -0.4 is 10.2 Å². The first-order chi connectivity index (χ1) is 15.0. The van der Waals surface area contributed by atoms with E-state index >= 15 is 0 Å². The summed E-state index contributed by atoms with van der Waals surface area (Å²) in [6, 6.07) is 16.5. The van der Waals surface area contributed by atoms with E-state index in [1.165, 1.54) is 0 Å². The molecule has 0 unspecified atom stereocenters. The highest BCUT2D eigenvalue weighted by atomic mass is 35.5. The minimum Gasteiger partial charge on any atom is -0.367 e. The van der Waals surface area contributed by atoms with Crippen molar-refractivity contribution in [2.24, 2.45) is 0 Å². The Balaban J connectivity index is 1.49. The number of halogens is 2. The molecule has 4 rings (SSSR count). The Labute approximate surface area is 191 Å². The lowest BCUT2D eigenvalue weighted by Gasteiger charge is -2.36. The summed E-state index contributed by atoms with van der Waals surface area (Å²) >= 11 is 12.8. The minimum atomic E-state index is -0.219. The fourth-order valence-electron chi connectivity index (χ4n) is 3.93. The second-order valence-electron chi connectivity index (χ2n) is 7.48. The van der Waals surface area contributed by atoms with Gasteiger partial charge in [-0.15, -0.1) is 0 Å². The summed E-state index contributed by atoms with van der Waals surface area (Å²) in [7, 11) is 0. The van der Waals surface area contributed by atoms with E-state index in [0.717, 1.165) is 29.5 Å². The van der Waals surface area contributed by atoms with Crippen molar-refractivity contribution in [2.75, 3.05) is 36.4 Å². The van der Waals surface area contributed by atoms with Crippen LogP contribution in [0.3, 0.4) is 0 Å². The molecule has 0 aromatic heterocycles. The third kappa shape index (κ3) is 4.48. The number of piperazine rings is 1. The number of nitrogens with one attached hydrogen (secondary N) is 1. The van der Waals surface area contributed by atoms with Crippen molar-refractivity contribution >= 4 is 57.2 Å². The van der Waals surface area contributed by atoms with Crippen LogP contribution in [0, 0.1) is 0 Å². The molecule has 7 heteroatoms. The van der Waals surface area contributed by atoms with Crippen molar-refractivity contribution in [2.45, 2.75) is 13.3 Å². The van der Waals surface area contributed by atoms with Crippen molar-refractivity contribution < 1.29 is 9.59 Å². The summed E-state index contributed by atoms with van der Waals surface area (Å²) in [5.74, 6) is -0.0399. The molecule has 1 aliphatic heterocycles. The number of carbonyl (C=O) groups is 2. The zero-order chi connectivity index (χ0) is 22.0. The first kappa shape index (κ1) is 21.5. The molecule has 31 heavy (non-hydrogen) atoms. The van der Waals surface area contributed by atoms with Crippen molar-refractivity contribution in [3.05, 3.63) is 70.2 Å². The third-order valence-electron chi connectivity index (χ3n) is 5.59. The van der Waals surface area contributed by atoms with Crippen molar-refractivity contribution in [1.29, 1.82) is 0 Å². The number of carbonyl (C=O) groups excluding carboxylic acids is 2. The van der Waals surface area contributed by atoms with Gasteiger partial charge in [0.05, 0.1) is 10.7 Å². The topological polar surface area (TPSA) is 52.7 Å². The number of fused-ring (bicyclic) bond motifs is 1. The largest absolute Gasteiger partial charge is 0.367 e. The van der Waals surface area contributed by atoms with Crippen LogP contribution in [-0.2, 0) is 4.79 Å². The molecule has 0 radical (unpaired) electrons. The van der Waals surface area contributed by atoms with Gasteiger partial charge in [0.25, 0.3) is 5.91 Å². The van der Waals surface area contributed by atoms with Crippen LogP contribution >= 0.6 is 23.2 Å². The maximum atomic E-state index is 12.9. The van der Waals surface area contributed by atoms with Crippen LogP contribution in [0.2, 0.25) is 10.0 Å². The first-order valence-corrected chi connectivity index (χ1v) is 11.0. The molecule has 0 spiro atoms. The van der Waals surface area contributed by atoms with Crippen molar-refractivity contribution in [1.82, 2.24) is 4.90 Å². The number of hydrogen-bond acceptors (Lipinski definition) is 3. The lowest BCUT2D eigenvalue weighted by molar-refractivity contribution is -0.131. The van der Waals surface area contributed by atoms with Gasteiger partial charge in [0, 0.05) is 54.3 Å². The summed E-state index contributed by atoms with van der Waals surface area (Å²) in [6.07, 6.45) is 0.526.